The maximum atomic E-state index is 13.1. The number of rotatable bonds is 7. The molecule has 178 valence electrons. The predicted molar refractivity (Wildman–Crippen MR) is 123 cm³/mol. The third kappa shape index (κ3) is 5.52. The second-order valence-electron chi connectivity index (χ2n) is 7.62. The van der Waals surface area contributed by atoms with Gasteiger partial charge in [0.25, 0.3) is 0 Å². The van der Waals surface area contributed by atoms with Crippen LogP contribution < -0.4 is 16.1 Å². The molecule has 1 aliphatic rings. The van der Waals surface area contributed by atoms with Crippen molar-refractivity contribution in [1.29, 1.82) is 0 Å². The molecule has 3 amide bonds. The van der Waals surface area contributed by atoms with Crippen LogP contribution in [0.5, 0.6) is 0 Å². The Morgan fingerprint density at radius 2 is 1.94 bits per heavy atom. The highest BCUT2D eigenvalue weighted by Crippen LogP contribution is 2.47. The molecule has 12 heteroatoms. The van der Waals surface area contributed by atoms with Gasteiger partial charge in [0, 0.05) is 15.4 Å². The highest BCUT2D eigenvalue weighted by Gasteiger charge is 2.49. The number of carbonyl (C=O) groups excluding carboxylic acids is 3. The predicted octanol–water partition coefficient (Wildman–Crippen LogP) is 2.40. The summed E-state index contributed by atoms with van der Waals surface area (Å²) in [5.41, 5.74) is 2.81. The van der Waals surface area contributed by atoms with Gasteiger partial charge in [0.1, 0.15) is 11.3 Å². The highest BCUT2D eigenvalue weighted by molar-refractivity contribution is 7.92. The molecule has 1 fully saturated rings. The minimum absolute atomic E-state index is 0.0138. The van der Waals surface area contributed by atoms with Gasteiger partial charge in [-0.05, 0) is 42.7 Å². The van der Waals surface area contributed by atoms with Crippen molar-refractivity contribution in [2.75, 3.05) is 24.7 Å². The fourth-order valence-corrected chi connectivity index (χ4v) is 7.61. The van der Waals surface area contributed by atoms with E-state index in [1.807, 2.05) is 6.07 Å². The van der Waals surface area contributed by atoms with Crippen molar-refractivity contribution in [1.82, 2.24) is 10.8 Å². The minimum Gasteiger partial charge on any atom is -0.453 e. The molecule has 0 bridgehead atoms. The van der Waals surface area contributed by atoms with Gasteiger partial charge < -0.3 is 15.4 Å². The zero-order valence-corrected chi connectivity index (χ0v) is 19.6. The number of benzene rings is 1. The zero-order valence-electron chi connectivity index (χ0n) is 17.9. The number of thiophene rings is 1. The number of amides is 3. The first-order chi connectivity index (χ1) is 15.7. The van der Waals surface area contributed by atoms with Gasteiger partial charge in [0.2, 0.25) is 11.8 Å². The molecule has 1 aromatic carbocycles. The van der Waals surface area contributed by atoms with Crippen LogP contribution in [0, 0.1) is 0 Å². The molecular formula is C21H25N3O7S2. The molecule has 2 aromatic rings. The summed E-state index contributed by atoms with van der Waals surface area (Å²) >= 11 is 1.26. The van der Waals surface area contributed by atoms with Crippen LogP contribution in [-0.2, 0) is 28.9 Å². The van der Waals surface area contributed by atoms with Crippen molar-refractivity contribution in [3.8, 4) is 10.4 Å². The van der Waals surface area contributed by atoms with Gasteiger partial charge in [0.15, 0.2) is 9.84 Å². The number of alkyl carbamates (subject to hydrolysis) is 1. The molecule has 1 aromatic heterocycles. The number of carbonyl (C=O) groups is 3. The smallest absolute Gasteiger partial charge is 0.407 e. The van der Waals surface area contributed by atoms with Gasteiger partial charge in [-0.2, -0.15) is 0 Å². The molecule has 0 radical (unpaired) electrons. The van der Waals surface area contributed by atoms with Crippen molar-refractivity contribution in [2.24, 2.45) is 0 Å². The number of hydrogen-bond acceptors (Lipinski definition) is 8. The fourth-order valence-electron chi connectivity index (χ4n) is 3.83. The van der Waals surface area contributed by atoms with E-state index in [9.17, 15) is 22.8 Å². The van der Waals surface area contributed by atoms with Crippen molar-refractivity contribution >= 4 is 44.8 Å². The molecule has 3 rings (SSSR count). The molecular weight excluding hydrogens is 470 g/mol. The molecule has 0 unspecified atom stereocenters. The van der Waals surface area contributed by atoms with Gasteiger partial charge in [-0.15, -0.1) is 11.3 Å². The van der Waals surface area contributed by atoms with Gasteiger partial charge in [-0.25, -0.2) is 18.7 Å². The second-order valence-corrected chi connectivity index (χ2v) is 11.1. The molecule has 0 aliphatic carbocycles. The molecule has 1 atom stereocenters. The first-order valence-corrected chi connectivity index (χ1v) is 12.7. The molecule has 2 heterocycles. The van der Waals surface area contributed by atoms with Crippen LogP contribution in [0.4, 0.5) is 10.5 Å². The van der Waals surface area contributed by atoms with E-state index in [1.165, 1.54) is 18.4 Å². The number of nitrogens with one attached hydrogen (secondary N) is 3. The average molecular weight is 496 g/mol. The summed E-state index contributed by atoms with van der Waals surface area (Å²) in [7, 11) is -2.42. The Kier molecular flexibility index (Phi) is 7.72. The zero-order chi connectivity index (χ0) is 24.1. The van der Waals surface area contributed by atoms with E-state index in [4.69, 9.17) is 5.21 Å². The van der Waals surface area contributed by atoms with Crippen LogP contribution in [0.15, 0.2) is 36.4 Å². The maximum Gasteiger partial charge on any atom is 0.407 e. The average Bonchev–Trinajstić information content (AvgIpc) is 3.29. The van der Waals surface area contributed by atoms with Crippen LogP contribution in [0.25, 0.3) is 10.4 Å². The Labute approximate surface area is 195 Å². The molecule has 1 aliphatic heterocycles. The Hall–Kier alpha value is -2.96. The number of sulfone groups is 1. The molecule has 4 N–H and O–H groups in total. The number of ether oxygens (including phenoxy) is 1. The molecule has 1 saturated heterocycles. The lowest BCUT2D eigenvalue weighted by molar-refractivity contribution is -0.130. The van der Waals surface area contributed by atoms with E-state index in [2.05, 4.69) is 15.4 Å². The topological polar surface area (TPSA) is 151 Å². The number of anilines is 1. The van der Waals surface area contributed by atoms with Gasteiger partial charge >= 0.3 is 6.09 Å². The standard InChI is InChI=1S/C21H25N3O7S2/c1-31-20(27)22-13-19(26)23-15-6-4-5-14(11-15)16-7-8-17(32-16)21(12-18(25)24-28)9-2-3-10-33(21,29)30/h4-8,11,28H,2-3,9-10,12-13H2,1H3,(H,22,27)(H,23,26)(H,24,25)/t21-/m0/s1. The minimum atomic E-state index is -3.62. The fraction of sp³-hybridized carbons (Fsp3) is 0.381. The molecule has 0 spiro atoms. The van der Waals surface area contributed by atoms with Crippen LogP contribution in [-0.4, -0.2) is 50.9 Å². The second kappa shape index (κ2) is 10.3. The van der Waals surface area contributed by atoms with E-state index in [-0.39, 0.29) is 18.7 Å². The van der Waals surface area contributed by atoms with E-state index < -0.39 is 32.5 Å². The summed E-state index contributed by atoms with van der Waals surface area (Å²) in [4.78, 5) is 36.4. The monoisotopic (exact) mass is 495 g/mol. The molecule has 0 saturated carbocycles. The first kappa shape index (κ1) is 24.7. The Morgan fingerprint density at radius 1 is 1.15 bits per heavy atom. The largest absolute Gasteiger partial charge is 0.453 e. The number of methoxy groups -OCH3 is 1. The molecule has 33 heavy (non-hydrogen) atoms. The van der Waals surface area contributed by atoms with Crippen LogP contribution in [0.2, 0.25) is 0 Å². The Bertz CT molecular complexity index is 1150. The van der Waals surface area contributed by atoms with Gasteiger partial charge in [0.05, 0.1) is 19.3 Å². The summed E-state index contributed by atoms with van der Waals surface area (Å²) in [6.07, 6.45) is 0.426. The summed E-state index contributed by atoms with van der Waals surface area (Å²) in [5.74, 6) is -1.20. The first-order valence-electron chi connectivity index (χ1n) is 10.2. The SMILES string of the molecule is COC(=O)NCC(=O)Nc1cccc(-c2ccc([C@@]3(CC(=O)NO)CCCCS3(=O)=O)s2)c1. The Balaban J connectivity index is 1.85. The van der Waals surface area contributed by atoms with Crippen molar-refractivity contribution in [2.45, 2.75) is 30.4 Å². The summed E-state index contributed by atoms with van der Waals surface area (Å²) in [6, 6.07) is 10.5. The van der Waals surface area contributed by atoms with Crippen molar-refractivity contribution < 1.29 is 32.7 Å². The van der Waals surface area contributed by atoms with Crippen LogP contribution in [0.3, 0.4) is 0 Å². The third-order valence-electron chi connectivity index (χ3n) is 5.47. The summed E-state index contributed by atoms with van der Waals surface area (Å²) in [5, 5.41) is 14.0. The van der Waals surface area contributed by atoms with Crippen LogP contribution >= 0.6 is 11.3 Å². The molecule has 10 nitrogen and oxygen atoms in total. The van der Waals surface area contributed by atoms with Crippen molar-refractivity contribution in [3.05, 3.63) is 41.3 Å². The lowest BCUT2D eigenvalue weighted by Crippen LogP contribution is -2.43. The van der Waals surface area contributed by atoms with E-state index in [0.29, 0.717) is 29.8 Å². The summed E-state index contributed by atoms with van der Waals surface area (Å²) in [6.45, 7) is -0.257. The van der Waals surface area contributed by atoms with Gasteiger partial charge in [-0.3, -0.25) is 14.8 Å². The van der Waals surface area contributed by atoms with Crippen molar-refractivity contribution in [3.63, 3.8) is 0 Å². The highest BCUT2D eigenvalue weighted by atomic mass is 32.2. The quantitative estimate of drug-likeness (QED) is 0.340. The number of hydrogen-bond donors (Lipinski definition) is 4. The van der Waals surface area contributed by atoms with Crippen LogP contribution in [0.1, 0.15) is 30.6 Å². The van der Waals surface area contributed by atoms with E-state index in [1.54, 1.807) is 35.8 Å². The normalized spacial score (nSPS) is 19.3. The lowest BCUT2D eigenvalue weighted by atomic mass is 9.94. The lowest BCUT2D eigenvalue weighted by Gasteiger charge is -2.35. The van der Waals surface area contributed by atoms with E-state index in [0.717, 1.165) is 10.4 Å². The Morgan fingerprint density at radius 3 is 2.64 bits per heavy atom. The number of hydroxylamine groups is 1. The maximum absolute atomic E-state index is 13.1. The van der Waals surface area contributed by atoms with E-state index >= 15 is 0 Å². The third-order valence-corrected chi connectivity index (χ3v) is 9.53. The summed E-state index contributed by atoms with van der Waals surface area (Å²) < 4.78 is 29.2. The van der Waals surface area contributed by atoms with Gasteiger partial charge in [-0.1, -0.05) is 18.6 Å².